The second-order valence-corrected chi connectivity index (χ2v) is 22.1. The first-order valence-electron chi connectivity index (χ1n) is 32.4. The smallest absolute Gasteiger partial charge is 0.305 e. The quantitative estimate of drug-likeness (QED) is 0.0320. The third kappa shape index (κ3) is 58.9. The fraction of sp³-hybridized carbons (Fsp3) is 0.851. The monoisotopic (exact) mass is 1020 g/mol. The van der Waals surface area contributed by atoms with Gasteiger partial charge >= 0.3 is 5.97 Å². The summed E-state index contributed by atoms with van der Waals surface area (Å²) in [6.07, 6.45) is 79.8. The van der Waals surface area contributed by atoms with E-state index in [0.717, 1.165) is 89.9 Å². The van der Waals surface area contributed by atoms with Crippen molar-refractivity contribution in [2.75, 3.05) is 13.2 Å². The molecule has 0 aliphatic carbocycles. The minimum atomic E-state index is -0.677. The Morgan fingerprint density at radius 2 is 0.685 bits per heavy atom. The van der Waals surface area contributed by atoms with Gasteiger partial charge in [-0.2, -0.15) is 0 Å². The Bertz CT molecular complexity index is 1230. The van der Waals surface area contributed by atoms with Gasteiger partial charge in [0.2, 0.25) is 5.91 Å². The van der Waals surface area contributed by atoms with Crippen molar-refractivity contribution in [3.8, 4) is 0 Å². The number of unbranched alkanes of at least 4 members (excludes halogenated alkanes) is 41. The predicted octanol–water partition coefficient (Wildman–Crippen LogP) is 20.5. The molecule has 0 aliphatic heterocycles. The van der Waals surface area contributed by atoms with Gasteiger partial charge in [0.25, 0.3) is 0 Å². The SMILES string of the molecule is CCCCC/C=C\C/C=C\CCCCCCCCCC(=O)OCCCCC/C=C\C/C=C\CCCCCCCCCC(=O)NC(CO)C(O)CCCCCCCCCCCCCCCCCCCCCCCC. The molecule has 0 aromatic rings. The number of hydrogen-bond acceptors (Lipinski definition) is 5. The van der Waals surface area contributed by atoms with Crippen molar-refractivity contribution < 1.29 is 24.5 Å². The van der Waals surface area contributed by atoms with Crippen LogP contribution in [-0.4, -0.2) is 47.4 Å². The van der Waals surface area contributed by atoms with Crippen molar-refractivity contribution >= 4 is 11.9 Å². The van der Waals surface area contributed by atoms with Crippen molar-refractivity contribution in [3.63, 3.8) is 0 Å². The first-order chi connectivity index (χ1) is 36.0. The molecule has 0 aliphatic rings. The molecule has 0 heterocycles. The first kappa shape index (κ1) is 70.8. The van der Waals surface area contributed by atoms with Gasteiger partial charge in [-0.1, -0.05) is 281 Å². The Balaban J connectivity index is 3.49. The highest BCUT2D eigenvalue weighted by atomic mass is 16.5. The van der Waals surface area contributed by atoms with E-state index in [2.05, 4.69) is 67.8 Å². The van der Waals surface area contributed by atoms with E-state index in [-0.39, 0.29) is 18.5 Å². The van der Waals surface area contributed by atoms with Crippen LogP contribution in [0.1, 0.15) is 341 Å². The summed E-state index contributed by atoms with van der Waals surface area (Å²) in [5.74, 6) is -0.0718. The fourth-order valence-electron chi connectivity index (χ4n) is 9.88. The number of amides is 1. The molecule has 0 radical (unpaired) electrons. The number of ether oxygens (including phenoxy) is 1. The lowest BCUT2D eigenvalue weighted by atomic mass is 10.0. The average Bonchev–Trinajstić information content (AvgIpc) is 3.39. The molecule has 73 heavy (non-hydrogen) atoms. The summed E-state index contributed by atoms with van der Waals surface area (Å²) in [6, 6.07) is -0.556. The fourth-order valence-corrected chi connectivity index (χ4v) is 9.88. The van der Waals surface area contributed by atoms with Crippen LogP contribution in [0.5, 0.6) is 0 Å². The Morgan fingerprint density at radius 3 is 1.07 bits per heavy atom. The van der Waals surface area contributed by atoms with Crippen molar-refractivity contribution in [2.24, 2.45) is 0 Å². The highest BCUT2D eigenvalue weighted by molar-refractivity contribution is 5.76. The van der Waals surface area contributed by atoms with Gasteiger partial charge in [0.1, 0.15) is 0 Å². The molecule has 1 amide bonds. The third-order valence-corrected chi connectivity index (χ3v) is 14.9. The van der Waals surface area contributed by atoms with Gasteiger partial charge in [0.15, 0.2) is 0 Å². The lowest BCUT2D eigenvalue weighted by Gasteiger charge is -2.22. The molecule has 0 bridgehead atoms. The van der Waals surface area contributed by atoms with Gasteiger partial charge in [-0.05, 0) is 96.3 Å². The van der Waals surface area contributed by atoms with Gasteiger partial charge in [-0.25, -0.2) is 0 Å². The van der Waals surface area contributed by atoms with Crippen LogP contribution in [0.4, 0.5) is 0 Å². The van der Waals surface area contributed by atoms with Crippen molar-refractivity contribution in [2.45, 2.75) is 353 Å². The lowest BCUT2D eigenvalue weighted by Crippen LogP contribution is -2.45. The van der Waals surface area contributed by atoms with Crippen molar-refractivity contribution in [1.29, 1.82) is 0 Å². The molecule has 0 spiro atoms. The molecule has 0 fully saturated rings. The number of aliphatic hydroxyl groups is 2. The van der Waals surface area contributed by atoms with E-state index in [9.17, 15) is 19.8 Å². The number of carbonyl (C=O) groups is 2. The highest BCUT2D eigenvalue weighted by Gasteiger charge is 2.20. The molecule has 0 rings (SSSR count). The predicted molar refractivity (Wildman–Crippen MR) is 319 cm³/mol. The summed E-state index contributed by atoms with van der Waals surface area (Å²) in [5.41, 5.74) is 0. The number of carbonyl (C=O) groups excluding carboxylic acids is 2. The van der Waals surface area contributed by atoms with E-state index < -0.39 is 12.1 Å². The number of esters is 1. The van der Waals surface area contributed by atoms with E-state index in [1.807, 2.05) is 0 Å². The van der Waals surface area contributed by atoms with Gasteiger partial charge in [0.05, 0.1) is 25.4 Å². The second-order valence-electron chi connectivity index (χ2n) is 22.1. The Labute approximate surface area is 455 Å². The molecule has 6 heteroatoms. The van der Waals surface area contributed by atoms with Gasteiger partial charge < -0.3 is 20.3 Å². The highest BCUT2D eigenvalue weighted by Crippen LogP contribution is 2.18. The molecule has 2 unspecified atom stereocenters. The average molecular weight is 1020 g/mol. The normalized spacial score (nSPS) is 12.9. The van der Waals surface area contributed by atoms with Gasteiger partial charge in [-0.15, -0.1) is 0 Å². The van der Waals surface area contributed by atoms with E-state index in [1.54, 1.807) is 0 Å². The molecular formula is C67H125NO5. The molecule has 3 N–H and O–H groups in total. The zero-order valence-electron chi connectivity index (χ0n) is 48.9. The maximum atomic E-state index is 12.5. The van der Waals surface area contributed by atoms with Gasteiger partial charge in [-0.3, -0.25) is 9.59 Å². The Hall–Kier alpha value is -2.18. The van der Waals surface area contributed by atoms with Crippen LogP contribution in [0.15, 0.2) is 48.6 Å². The third-order valence-electron chi connectivity index (χ3n) is 14.9. The molecule has 6 nitrogen and oxygen atoms in total. The summed E-state index contributed by atoms with van der Waals surface area (Å²) in [5, 5.41) is 23.4. The topological polar surface area (TPSA) is 95.9 Å². The number of hydrogen-bond donors (Lipinski definition) is 3. The number of aliphatic hydroxyl groups excluding tert-OH is 2. The first-order valence-corrected chi connectivity index (χ1v) is 32.4. The Kier molecular flexibility index (Phi) is 60.5. The van der Waals surface area contributed by atoms with E-state index >= 15 is 0 Å². The molecule has 0 aromatic carbocycles. The minimum absolute atomic E-state index is 0.0229. The molecule has 0 saturated heterocycles. The maximum Gasteiger partial charge on any atom is 0.305 e. The minimum Gasteiger partial charge on any atom is -0.466 e. The molecule has 428 valence electrons. The summed E-state index contributed by atoms with van der Waals surface area (Å²) in [7, 11) is 0. The van der Waals surface area contributed by atoms with Crippen LogP contribution < -0.4 is 5.32 Å². The van der Waals surface area contributed by atoms with Gasteiger partial charge in [0, 0.05) is 12.8 Å². The van der Waals surface area contributed by atoms with Crippen LogP contribution >= 0.6 is 0 Å². The summed E-state index contributed by atoms with van der Waals surface area (Å²) >= 11 is 0. The lowest BCUT2D eigenvalue weighted by molar-refractivity contribution is -0.143. The van der Waals surface area contributed by atoms with Crippen molar-refractivity contribution in [1.82, 2.24) is 5.32 Å². The number of allylic oxidation sites excluding steroid dienone is 8. The van der Waals surface area contributed by atoms with Crippen LogP contribution in [0.3, 0.4) is 0 Å². The largest absolute Gasteiger partial charge is 0.466 e. The molecule has 2 atom stereocenters. The zero-order chi connectivity index (χ0) is 52.9. The van der Waals surface area contributed by atoms with Crippen LogP contribution in [0.25, 0.3) is 0 Å². The van der Waals surface area contributed by atoms with Crippen molar-refractivity contribution in [3.05, 3.63) is 48.6 Å². The standard InChI is InChI=1S/C67H125NO5/c1-3-5-7-9-11-13-15-17-19-21-22-23-24-25-28-31-35-39-43-47-51-55-59-65(70)64(63-69)68-66(71)60-56-52-48-44-40-36-32-29-26-30-34-38-42-46-50-54-58-62-73-67(72)61-57-53-49-45-41-37-33-27-20-18-16-14-12-10-8-6-4-2/h12,14,18,20,26,30,38,42,64-65,69-70H,3-11,13,15-17,19,21-25,27-29,31-37,39-41,43-63H2,1-2H3,(H,68,71)/b14-12-,20-18-,30-26-,42-38-. The second kappa shape index (κ2) is 62.4. The van der Waals surface area contributed by atoms with Crippen LogP contribution in [0, 0.1) is 0 Å². The van der Waals surface area contributed by atoms with E-state index in [4.69, 9.17) is 4.74 Å². The summed E-state index contributed by atoms with van der Waals surface area (Å²) in [4.78, 5) is 24.6. The number of nitrogens with one attached hydrogen (secondary N) is 1. The van der Waals surface area contributed by atoms with Crippen LogP contribution in [-0.2, 0) is 14.3 Å². The summed E-state index contributed by atoms with van der Waals surface area (Å²) < 4.78 is 5.46. The van der Waals surface area contributed by atoms with E-state index in [0.29, 0.717) is 25.9 Å². The molecular weight excluding hydrogens is 899 g/mol. The maximum absolute atomic E-state index is 12.5. The molecule has 0 saturated carbocycles. The van der Waals surface area contributed by atoms with Crippen LogP contribution in [0.2, 0.25) is 0 Å². The Morgan fingerprint density at radius 1 is 0.384 bits per heavy atom. The zero-order valence-corrected chi connectivity index (χ0v) is 48.9. The molecule has 0 aromatic heterocycles. The number of rotatable bonds is 60. The van der Waals surface area contributed by atoms with E-state index in [1.165, 1.54) is 218 Å². The summed E-state index contributed by atoms with van der Waals surface area (Å²) in [6.45, 7) is 4.90.